The van der Waals surface area contributed by atoms with Gasteiger partial charge in [0.05, 0.1) is 96.7 Å². The highest BCUT2D eigenvalue weighted by Crippen LogP contribution is 2.05. The molecule has 0 radical (unpaired) electrons. The quantitative estimate of drug-likeness (QED) is 0.327. The maximum Gasteiger partial charge on any atom is 0.0780 e. The predicted octanol–water partition coefficient (Wildman–Crippen LogP) is 1.43. The fourth-order valence-electron chi connectivity index (χ4n) is 2.84. The van der Waals surface area contributed by atoms with E-state index in [0.29, 0.717) is 0 Å². The molecule has 0 aromatic carbocycles. The van der Waals surface area contributed by atoms with E-state index in [1.165, 1.54) is 77.5 Å². The summed E-state index contributed by atoms with van der Waals surface area (Å²) in [5, 5.41) is 0. The van der Waals surface area contributed by atoms with Gasteiger partial charge in [0.15, 0.2) is 0 Å². The lowest BCUT2D eigenvalue weighted by molar-refractivity contribution is -0.871. The Kier molecular flexibility index (Phi) is 20.9. The van der Waals surface area contributed by atoms with Crippen LogP contribution in [0, 0.1) is 0 Å². The van der Waals surface area contributed by atoms with Gasteiger partial charge in [-0.25, -0.2) is 0 Å². The number of quaternary nitrogens is 4. The molecule has 27 heavy (non-hydrogen) atoms. The second kappa shape index (κ2) is 17.9. The highest BCUT2D eigenvalue weighted by atomic mass is 15.3. The number of nitrogens with one attached hydrogen (secondary N) is 2. The normalized spacial score (nSPS) is 12.0. The second-order valence-electron chi connectivity index (χ2n) is 10.8. The molecule has 0 rings (SSSR count). The van der Waals surface area contributed by atoms with Crippen molar-refractivity contribution in [2.24, 2.45) is 0 Å². The molecule has 0 saturated heterocycles. The molecule has 0 amide bonds. The van der Waals surface area contributed by atoms with Crippen LogP contribution in [0.2, 0.25) is 0 Å². The first-order chi connectivity index (χ1) is 11.8. The molecule has 4 nitrogen and oxygen atoms in total. The molecule has 0 aliphatic heterocycles. The van der Waals surface area contributed by atoms with Crippen molar-refractivity contribution in [3.8, 4) is 0 Å². The second-order valence-corrected chi connectivity index (χ2v) is 10.8. The van der Waals surface area contributed by atoms with E-state index >= 15 is 0 Å². The smallest absolute Gasteiger partial charge is 0.0780 e. The third kappa shape index (κ3) is 37.3. The maximum absolute atomic E-state index is 2.27. The standard InChI is InChI=1S/C12H30N2.C10H24N2.CH4/c1-13(2,3)11-9-7-8-10-12-14(4,5)6;1-11(2)9-7-5-6-8-10-12(3)4;/h7-12H2,1-6H3;5-10H2,1-4H3;1H4/q+2;;/p+2. The number of unbranched alkanes of at least 4 members (excludes halogenated alkanes) is 6. The van der Waals surface area contributed by atoms with Crippen LogP contribution in [-0.4, -0.2) is 106 Å². The van der Waals surface area contributed by atoms with Gasteiger partial charge in [-0.2, -0.15) is 0 Å². The fourth-order valence-corrected chi connectivity index (χ4v) is 2.84. The lowest BCUT2D eigenvalue weighted by Crippen LogP contribution is -3.05. The first-order valence-electron chi connectivity index (χ1n) is 11.0. The van der Waals surface area contributed by atoms with Crippen LogP contribution in [0.5, 0.6) is 0 Å². The van der Waals surface area contributed by atoms with E-state index in [-0.39, 0.29) is 7.43 Å². The maximum atomic E-state index is 2.27. The van der Waals surface area contributed by atoms with E-state index in [1.54, 1.807) is 9.80 Å². The zero-order valence-corrected chi connectivity index (χ0v) is 20.4. The molecule has 0 aliphatic rings. The van der Waals surface area contributed by atoms with E-state index in [0.717, 1.165) is 8.97 Å². The van der Waals surface area contributed by atoms with Crippen LogP contribution in [0.1, 0.15) is 58.8 Å². The molecule has 0 spiro atoms. The van der Waals surface area contributed by atoms with Gasteiger partial charge in [0, 0.05) is 0 Å². The summed E-state index contributed by atoms with van der Waals surface area (Å²) < 4.78 is 2.21. The molecule has 0 atom stereocenters. The molecular weight excluding hydrogens is 332 g/mol. The van der Waals surface area contributed by atoms with Crippen LogP contribution in [0.3, 0.4) is 0 Å². The summed E-state index contributed by atoms with van der Waals surface area (Å²) in [7, 11) is 22.5. The molecule has 0 aliphatic carbocycles. The average Bonchev–Trinajstić information content (AvgIpc) is 2.44. The van der Waals surface area contributed by atoms with Gasteiger partial charge in [0.1, 0.15) is 0 Å². The van der Waals surface area contributed by atoms with Crippen molar-refractivity contribution in [3.63, 3.8) is 0 Å². The van der Waals surface area contributed by atoms with Crippen LogP contribution in [-0.2, 0) is 0 Å². The van der Waals surface area contributed by atoms with Crippen molar-refractivity contribution < 1.29 is 18.8 Å². The summed E-state index contributed by atoms with van der Waals surface area (Å²) in [5.41, 5.74) is 0. The minimum Gasteiger partial charge on any atom is -0.340 e. The Morgan fingerprint density at radius 1 is 0.444 bits per heavy atom. The first-order valence-corrected chi connectivity index (χ1v) is 11.0. The molecule has 0 aromatic heterocycles. The summed E-state index contributed by atoms with van der Waals surface area (Å²) in [6.07, 6.45) is 11.2. The van der Waals surface area contributed by atoms with Crippen LogP contribution in [0.4, 0.5) is 0 Å². The van der Waals surface area contributed by atoms with Crippen molar-refractivity contribution in [3.05, 3.63) is 0 Å². The monoisotopic (exact) mass is 392 g/mol. The molecule has 0 saturated carbocycles. The van der Waals surface area contributed by atoms with Gasteiger partial charge in [-0.05, 0) is 51.4 Å². The fraction of sp³-hybridized carbons (Fsp3) is 1.00. The van der Waals surface area contributed by atoms with Gasteiger partial charge in [-0.3, -0.25) is 0 Å². The number of hydrogen-bond donors (Lipinski definition) is 2. The van der Waals surface area contributed by atoms with Crippen LogP contribution < -0.4 is 9.80 Å². The van der Waals surface area contributed by atoms with Gasteiger partial charge in [-0.1, -0.05) is 7.43 Å². The minimum atomic E-state index is 0. The van der Waals surface area contributed by atoms with E-state index in [4.69, 9.17) is 0 Å². The van der Waals surface area contributed by atoms with E-state index < -0.39 is 0 Å². The number of hydrogen-bond acceptors (Lipinski definition) is 0. The van der Waals surface area contributed by atoms with Crippen LogP contribution >= 0.6 is 0 Å². The third-order valence-corrected chi connectivity index (χ3v) is 4.51. The Hall–Kier alpha value is -0.160. The van der Waals surface area contributed by atoms with Crippen LogP contribution in [0.25, 0.3) is 0 Å². The lowest BCUT2D eigenvalue weighted by Gasteiger charge is -2.25. The van der Waals surface area contributed by atoms with E-state index in [9.17, 15) is 0 Å². The highest BCUT2D eigenvalue weighted by molar-refractivity contribution is 4.42. The molecule has 168 valence electrons. The van der Waals surface area contributed by atoms with Crippen LogP contribution in [0.15, 0.2) is 0 Å². The Morgan fingerprint density at radius 3 is 0.926 bits per heavy atom. The molecule has 0 bridgehead atoms. The Labute approximate surface area is 174 Å². The molecular formula is C23H60N4+4. The molecule has 0 aromatic rings. The molecule has 4 heteroatoms. The van der Waals surface area contributed by atoms with Crippen molar-refractivity contribution >= 4 is 0 Å². The first kappa shape index (κ1) is 31.5. The lowest BCUT2D eigenvalue weighted by atomic mass is 10.1. The minimum absolute atomic E-state index is 0. The van der Waals surface area contributed by atoms with Crippen molar-refractivity contribution in [2.75, 3.05) is 96.7 Å². The molecule has 0 unspecified atom stereocenters. The number of nitrogens with zero attached hydrogens (tertiary/aromatic N) is 2. The molecule has 0 fully saturated rings. The molecule has 0 heterocycles. The number of rotatable bonds is 14. The largest absolute Gasteiger partial charge is 0.340 e. The summed E-state index contributed by atoms with van der Waals surface area (Å²) in [6.45, 7) is 5.28. The summed E-state index contributed by atoms with van der Waals surface area (Å²) in [5.74, 6) is 0. The van der Waals surface area contributed by atoms with Gasteiger partial charge in [-0.15, -0.1) is 0 Å². The topological polar surface area (TPSA) is 8.88 Å². The zero-order chi connectivity index (χ0) is 20.6. The Bertz CT molecular complexity index is 258. The van der Waals surface area contributed by atoms with Gasteiger partial charge >= 0.3 is 0 Å². The Balaban J connectivity index is -0.000000416. The van der Waals surface area contributed by atoms with E-state index in [2.05, 4.69) is 70.5 Å². The van der Waals surface area contributed by atoms with Gasteiger partial charge < -0.3 is 18.8 Å². The highest BCUT2D eigenvalue weighted by Gasteiger charge is 2.07. The average molecular weight is 393 g/mol. The van der Waals surface area contributed by atoms with Crippen molar-refractivity contribution in [1.82, 2.24) is 0 Å². The zero-order valence-electron chi connectivity index (χ0n) is 20.4. The van der Waals surface area contributed by atoms with Gasteiger partial charge in [0.25, 0.3) is 0 Å². The third-order valence-electron chi connectivity index (χ3n) is 4.51. The predicted molar refractivity (Wildman–Crippen MR) is 125 cm³/mol. The van der Waals surface area contributed by atoms with Crippen molar-refractivity contribution in [1.29, 1.82) is 0 Å². The SMILES string of the molecule is C.C[N+](C)(C)CCCCCC[N+](C)(C)C.C[NH+](C)CCCCCC[NH+](C)C. The van der Waals surface area contributed by atoms with Gasteiger partial charge in [0.2, 0.25) is 0 Å². The molecule has 2 N–H and O–H groups in total. The van der Waals surface area contributed by atoms with Crippen molar-refractivity contribution in [2.45, 2.75) is 58.8 Å². The summed E-state index contributed by atoms with van der Waals surface area (Å²) in [6, 6.07) is 0. The summed E-state index contributed by atoms with van der Waals surface area (Å²) in [4.78, 5) is 3.15. The Morgan fingerprint density at radius 2 is 0.704 bits per heavy atom. The van der Waals surface area contributed by atoms with E-state index in [1.807, 2.05) is 0 Å². The summed E-state index contributed by atoms with van der Waals surface area (Å²) >= 11 is 0.